The van der Waals surface area contributed by atoms with E-state index < -0.39 is 0 Å². The second-order valence-electron chi connectivity index (χ2n) is 3.86. The molecule has 2 aromatic rings. The van der Waals surface area contributed by atoms with Crippen LogP contribution in [0.3, 0.4) is 0 Å². The van der Waals surface area contributed by atoms with Crippen molar-refractivity contribution in [3.63, 3.8) is 0 Å². The van der Waals surface area contributed by atoms with Gasteiger partial charge < -0.3 is 15.1 Å². The number of para-hydroxylation sites is 1. The van der Waals surface area contributed by atoms with Gasteiger partial charge in [-0.05, 0) is 31.2 Å². The summed E-state index contributed by atoms with van der Waals surface area (Å²) in [5.41, 5.74) is 6.32. The number of nitrogens with zero attached hydrogens (tertiary/aromatic N) is 1. The molecule has 0 radical (unpaired) electrons. The lowest BCUT2D eigenvalue weighted by Crippen LogP contribution is -2.30. The summed E-state index contributed by atoms with van der Waals surface area (Å²) in [7, 11) is 0. The van der Waals surface area contributed by atoms with E-state index in [0.717, 1.165) is 5.69 Å². The van der Waals surface area contributed by atoms with Gasteiger partial charge in [0.25, 0.3) is 5.91 Å². The van der Waals surface area contributed by atoms with Gasteiger partial charge in [0.1, 0.15) is 5.76 Å². The van der Waals surface area contributed by atoms with E-state index in [1.165, 1.54) is 0 Å². The van der Waals surface area contributed by atoms with Crippen LogP contribution in [0.1, 0.15) is 23.2 Å². The molecule has 0 atom stereocenters. The van der Waals surface area contributed by atoms with E-state index in [2.05, 4.69) is 0 Å². The summed E-state index contributed by atoms with van der Waals surface area (Å²) in [4.78, 5) is 14.0. The first kappa shape index (κ1) is 12.4. The van der Waals surface area contributed by atoms with Crippen LogP contribution in [0.2, 0.25) is 0 Å². The molecule has 0 spiro atoms. The number of hydrogen-bond donors (Lipinski definition) is 1. The van der Waals surface area contributed by atoms with Gasteiger partial charge in [0.2, 0.25) is 0 Å². The molecule has 1 aromatic heterocycles. The van der Waals surface area contributed by atoms with Gasteiger partial charge in [-0.2, -0.15) is 0 Å². The largest absolute Gasteiger partial charge is 0.455 e. The van der Waals surface area contributed by atoms with Gasteiger partial charge in [-0.1, -0.05) is 18.2 Å². The van der Waals surface area contributed by atoms with Gasteiger partial charge in [-0.15, -0.1) is 0 Å². The van der Waals surface area contributed by atoms with E-state index in [4.69, 9.17) is 10.2 Å². The molecule has 2 rings (SSSR count). The molecule has 1 heterocycles. The molecule has 94 valence electrons. The van der Waals surface area contributed by atoms with Crippen LogP contribution in [0, 0.1) is 0 Å². The first-order chi connectivity index (χ1) is 8.76. The molecule has 0 bridgehead atoms. The van der Waals surface area contributed by atoms with Crippen LogP contribution < -0.4 is 10.6 Å². The lowest BCUT2D eigenvalue weighted by atomic mass is 10.2. The van der Waals surface area contributed by atoms with Crippen molar-refractivity contribution in [1.82, 2.24) is 0 Å². The number of benzene rings is 1. The topological polar surface area (TPSA) is 59.5 Å². The van der Waals surface area contributed by atoms with Crippen molar-refractivity contribution in [2.24, 2.45) is 5.73 Å². The van der Waals surface area contributed by atoms with Crippen LogP contribution in [0.25, 0.3) is 0 Å². The van der Waals surface area contributed by atoms with Crippen LogP contribution in [0.4, 0.5) is 5.69 Å². The number of carbonyl (C=O) groups excluding carboxylic acids is 1. The van der Waals surface area contributed by atoms with E-state index >= 15 is 0 Å². The minimum absolute atomic E-state index is 0.150. The summed E-state index contributed by atoms with van der Waals surface area (Å²) in [5, 5.41) is 0. The Morgan fingerprint density at radius 1 is 1.22 bits per heavy atom. The molecule has 0 fully saturated rings. The van der Waals surface area contributed by atoms with Crippen molar-refractivity contribution in [2.45, 2.75) is 13.5 Å². The lowest BCUT2D eigenvalue weighted by Gasteiger charge is -2.19. The minimum Gasteiger partial charge on any atom is -0.455 e. The second-order valence-corrected chi connectivity index (χ2v) is 3.86. The smallest absolute Gasteiger partial charge is 0.293 e. The summed E-state index contributed by atoms with van der Waals surface area (Å²) < 4.78 is 5.38. The predicted molar refractivity (Wildman–Crippen MR) is 70.4 cm³/mol. The Morgan fingerprint density at radius 2 is 1.94 bits per heavy atom. The molecule has 1 amide bonds. The number of rotatable bonds is 4. The highest BCUT2D eigenvalue weighted by molar-refractivity contribution is 6.04. The maximum Gasteiger partial charge on any atom is 0.293 e. The summed E-state index contributed by atoms with van der Waals surface area (Å²) in [6, 6.07) is 12.9. The van der Waals surface area contributed by atoms with Crippen molar-refractivity contribution in [3.05, 3.63) is 54.0 Å². The maximum atomic E-state index is 12.3. The molecular formula is C14H16N2O2. The Hall–Kier alpha value is -2.07. The van der Waals surface area contributed by atoms with Crippen molar-refractivity contribution in [1.29, 1.82) is 0 Å². The van der Waals surface area contributed by atoms with E-state index in [1.54, 1.807) is 17.0 Å². The van der Waals surface area contributed by atoms with Crippen LogP contribution >= 0.6 is 0 Å². The highest BCUT2D eigenvalue weighted by Gasteiger charge is 2.19. The van der Waals surface area contributed by atoms with E-state index in [1.807, 2.05) is 37.3 Å². The summed E-state index contributed by atoms with van der Waals surface area (Å²) in [6.07, 6.45) is 0. The average molecular weight is 244 g/mol. The fourth-order valence-corrected chi connectivity index (χ4v) is 1.79. The zero-order valence-corrected chi connectivity index (χ0v) is 10.3. The Bertz CT molecular complexity index is 520. The van der Waals surface area contributed by atoms with Gasteiger partial charge in [-0.3, -0.25) is 4.79 Å². The van der Waals surface area contributed by atoms with Gasteiger partial charge in [0.15, 0.2) is 5.76 Å². The monoisotopic (exact) mass is 244 g/mol. The number of nitrogens with two attached hydrogens (primary N) is 1. The first-order valence-electron chi connectivity index (χ1n) is 5.92. The minimum atomic E-state index is -0.150. The summed E-state index contributed by atoms with van der Waals surface area (Å²) in [6.45, 7) is 2.81. The first-order valence-corrected chi connectivity index (χ1v) is 5.92. The zero-order valence-electron chi connectivity index (χ0n) is 10.3. The van der Waals surface area contributed by atoms with Crippen molar-refractivity contribution in [2.75, 3.05) is 11.4 Å². The van der Waals surface area contributed by atoms with E-state index in [9.17, 15) is 4.79 Å². The highest BCUT2D eigenvalue weighted by Crippen LogP contribution is 2.17. The highest BCUT2D eigenvalue weighted by atomic mass is 16.4. The number of furan rings is 1. The molecular weight excluding hydrogens is 228 g/mol. The number of amides is 1. The quantitative estimate of drug-likeness (QED) is 0.898. The normalized spacial score (nSPS) is 10.3. The number of anilines is 1. The standard InChI is InChI=1S/C14H16N2O2/c1-2-16(11-6-4-3-5-7-11)14(17)13-9-8-12(10-15)18-13/h3-9H,2,10,15H2,1H3. The maximum absolute atomic E-state index is 12.3. The Kier molecular flexibility index (Phi) is 3.79. The second kappa shape index (κ2) is 5.51. The molecule has 1 aromatic carbocycles. The fraction of sp³-hybridized carbons (Fsp3) is 0.214. The Morgan fingerprint density at radius 3 is 2.50 bits per heavy atom. The molecule has 0 aliphatic carbocycles. The van der Waals surface area contributed by atoms with Gasteiger partial charge in [0.05, 0.1) is 6.54 Å². The number of hydrogen-bond acceptors (Lipinski definition) is 3. The molecule has 0 aliphatic rings. The van der Waals surface area contributed by atoms with Crippen molar-refractivity contribution in [3.8, 4) is 0 Å². The molecule has 0 saturated heterocycles. The van der Waals surface area contributed by atoms with Crippen LogP contribution in [0.15, 0.2) is 46.9 Å². The predicted octanol–water partition coefficient (Wildman–Crippen LogP) is 2.41. The van der Waals surface area contributed by atoms with E-state index in [-0.39, 0.29) is 5.91 Å². The molecule has 4 heteroatoms. The molecule has 2 N–H and O–H groups in total. The third-order valence-electron chi connectivity index (χ3n) is 2.70. The fourth-order valence-electron chi connectivity index (χ4n) is 1.79. The average Bonchev–Trinajstić information content (AvgIpc) is 2.89. The SMILES string of the molecule is CCN(C(=O)c1ccc(CN)o1)c1ccccc1. The van der Waals surface area contributed by atoms with Crippen LogP contribution in [-0.4, -0.2) is 12.5 Å². The number of carbonyl (C=O) groups is 1. The van der Waals surface area contributed by atoms with Gasteiger partial charge >= 0.3 is 0 Å². The van der Waals surface area contributed by atoms with E-state index in [0.29, 0.717) is 24.6 Å². The molecule has 4 nitrogen and oxygen atoms in total. The molecule has 0 unspecified atom stereocenters. The lowest BCUT2D eigenvalue weighted by molar-refractivity contribution is 0.0960. The van der Waals surface area contributed by atoms with Crippen molar-refractivity contribution < 1.29 is 9.21 Å². The van der Waals surface area contributed by atoms with Crippen molar-refractivity contribution >= 4 is 11.6 Å². The molecule has 18 heavy (non-hydrogen) atoms. The van der Waals surface area contributed by atoms with Gasteiger partial charge in [0, 0.05) is 12.2 Å². The zero-order chi connectivity index (χ0) is 13.0. The Labute approximate surface area is 106 Å². The van der Waals surface area contributed by atoms with Gasteiger partial charge in [-0.25, -0.2) is 0 Å². The molecule has 0 aliphatic heterocycles. The van der Waals surface area contributed by atoms with Crippen LogP contribution in [0.5, 0.6) is 0 Å². The third kappa shape index (κ3) is 2.43. The third-order valence-corrected chi connectivity index (χ3v) is 2.70. The summed E-state index contributed by atoms with van der Waals surface area (Å²) in [5.74, 6) is 0.784. The summed E-state index contributed by atoms with van der Waals surface area (Å²) >= 11 is 0. The van der Waals surface area contributed by atoms with Crippen LogP contribution in [-0.2, 0) is 6.54 Å². The Balaban J connectivity index is 2.25. The molecule has 0 saturated carbocycles.